The van der Waals surface area contributed by atoms with Crippen molar-refractivity contribution in [1.29, 1.82) is 0 Å². The monoisotopic (exact) mass is 169 g/mol. The first-order valence-electron chi connectivity index (χ1n) is 3.07. The SMILES string of the molecule is Cc1ccccc1N=S(=O)=O. The van der Waals surface area contributed by atoms with Crippen LogP contribution in [0.5, 0.6) is 0 Å². The van der Waals surface area contributed by atoms with Crippen molar-refractivity contribution >= 4 is 16.2 Å². The van der Waals surface area contributed by atoms with Crippen LogP contribution in [0.3, 0.4) is 0 Å². The van der Waals surface area contributed by atoms with E-state index in [2.05, 4.69) is 4.36 Å². The van der Waals surface area contributed by atoms with E-state index in [-0.39, 0.29) is 0 Å². The molecule has 4 heteroatoms. The molecule has 0 N–H and O–H groups in total. The van der Waals surface area contributed by atoms with Crippen molar-refractivity contribution in [1.82, 2.24) is 0 Å². The molecule has 0 aliphatic carbocycles. The van der Waals surface area contributed by atoms with Crippen molar-refractivity contribution in [3.8, 4) is 0 Å². The summed E-state index contributed by atoms with van der Waals surface area (Å²) in [5.41, 5.74) is 1.36. The van der Waals surface area contributed by atoms with Crippen molar-refractivity contribution in [3.05, 3.63) is 29.8 Å². The van der Waals surface area contributed by atoms with Crippen LogP contribution in [0.1, 0.15) is 5.56 Å². The highest BCUT2D eigenvalue weighted by Gasteiger charge is 1.91. The van der Waals surface area contributed by atoms with Gasteiger partial charge in [0.25, 0.3) is 0 Å². The van der Waals surface area contributed by atoms with Gasteiger partial charge in [-0.2, -0.15) is 8.42 Å². The van der Waals surface area contributed by atoms with Crippen molar-refractivity contribution in [3.63, 3.8) is 0 Å². The molecule has 3 nitrogen and oxygen atoms in total. The first-order chi connectivity index (χ1) is 5.20. The number of hydrogen-bond donors (Lipinski definition) is 0. The maximum atomic E-state index is 10.2. The Labute approximate surface area is 66.4 Å². The Morgan fingerprint density at radius 2 is 1.91 bits per heavy atom. The third kappa shape index (κ3) is 2.16. The third-order valence-electron chi connectivity index (χ3n) is 1.29. The Balaban J connectivity index is 3.25. The maximum absolute atomic E-state index is 10.2. The summed E-state index contributed by atoms with van der Waals surface area (Å²) in [5.74, 6) is 0. The average molecular weight is 169 g/mol. The van der Waals surface area contributed by atoms with Crippen LogP contribution < -0.4 is 0 Å². The third-order valence-corrected chi connectivity index (χ3v) is 1.63. The first-order valence-corrected chi connectivity index (χ1v) is 4.10. The molecular formula is C7H7NO2S. The summed E-state index contributed by atoms with van der Waals surface area (Å²) in [5, 5.41) is 0. The predicted molar refractivity (Wildman–Crippen MR) is 42.2 cm³/mol. The van der Waals surface area contributed by atoms with E-state index in [1.807, 2.05) is 19.1 Å². The first kappa shape index (κ1) is 7.94. The van der Waals surface area contributed by atoms with Crippen LogP contribution in [-0.4, -0.2) is 8.42 Å². The molecule has 0 spiro atoms. The molecule has 0 aliphatic heterocycles. The fourth-order valence-corrected chi connectivity index (χ4v) is 1.11. The molecule has 0 amide bonds. The lowest BCUT2D eigenvalue weighted by molar-refractivity contribution is 0.622. The molecule has 0 heterocycles. The molecule has 1 aromatic carbocycles. The van der Waals surface area contributed by atoms with E-state index in [4.69, 9.17) is 0 Å². The van der Waals surface area contributed by atoms with E-state index in [0.717, 1.165) is 5.56 Å². The second-order valence-electron chi connectivity index (χ2n) is 2.09. The molecule has 0 saturated heterocycles. The number of rotatable bonds is 1. The van der Waals surface area contributed by atoms with Crippen molar-refractivity contribution in [2.45, 2.75) is 6.92 Å². The summed E-state index contributed by atoms with van der Waals surface area (Å²) in [7, 11) is -2.35. The van der Waals surface area contributed by atoms with Gasteiger partial charge < -0.3 is 0 Å². The van der Waals surface area contributed by atoms with Crippen LogP contribution in [-0.2, 0) is 10.5 Å². The van der Waals surface area contributed by atoms with Gasteiger partial charge in [0, 0.05) is 0 Å². The normalized spacial score (nSPS) is 9.18. The van der Waals surface area contributed by atoms with Crippen LogP contribution >= 0.6 is 0 Å². The van der Waals surface area contributed by atoms with Crippen molar-refractivity contribution < 1.29 is 8.42 Å². The quantitative estimate of drug-likeness (QED) is 0.642. The van der Waals surface area contributed by atoms with Crippen LogP contribution in [0.2, 0.25) is 0 Å². The lowest BCUT2D eigenvalue weighted by atomic mass is 10.2. The van der Waals surface area contributed by atoms with Crippen LogP contribution in [0.4, 0.5) is 5.69 Å². The highest BCUT2D eigenvalue weighted by molar-refractivity contribution is 7.61. The van der Waals surface area contributed by atoms with E-state index in [9.17, 15) is 8.42 Å². The Hall–Kier alpha value is -1.16. The summed E-state index contributed by atoms with van der Waals surface area (Å²) < 4.78 is 23.7. The lowest BCUT2D eigenvalue weighted by Crippen LogP contribution is -1.70. The zero-order valence-electron chi connectivity index (χ0n) is 5.98. The van der Waals surface area contributed by atoms with Crippen molar-refractivity contribution in [2.75, 3.05) is 0 Å². The van der Waals surface area contributed by atoms with Gasteiger partial charge >= 0.3 is 10.5 Å². The molecule has 11 heavy (non-hydrogen) atoms. The van der Waals surface area contributed by atoms with Gasteiger partial charge in [0.15, 0.2) is 0 Å². The minimum Gasteiger partial charge on any atom is -0.163 e. The molecule has 0 aliphatic rings. The molecule has 1 aromatic rings. The highest BCUT2D eigenvalue weighted by atomic mass is 32.2. The molecule has 58 valence electrons. The molecule has 0 radical (unpaired) electrons. The van der Waals surface area contributed by atoms with Gasteiger partial charge in [-0.05, 0) is 18.6 Å². The fourth-order valence-electron chi connectivity index (χ4n) is 0.746. The zero-order valence-corrected chi connectivity index (χ0v) is 6.80. The van der Waals surface area contributed by atoms with Crippen molar-refractivity contribution in [2.24, 2.45) is 4.36 Å². The second-order valence-corrected chi connectivity index (χ2v) is 2.71. The molecule has 0 aromatic heterocycles. The standard InChI is InChI=1S/C7H7NO2S/c1-6-4-2-3-5-7(6)8-11(9)10/h2-5H,1H3. The Bertz CT molecular complexity index is 373. The largest absolute Gasteiger partial charge is 0.316 e. The molecular weight excluding hydrogens is 162 g/mol. The van der Waals surface area contributed by atoms with E-state index >= 15 is 0 Å². The Kier molecular flexibility index (Phi) is 2.38. The number of aryl methyl sites for hydroxylation is 1. The lowest BCUT2D eigenvalue weighted by Gasteiger charge is -1.92. The summed E-state index contributed by atoms with van der Waals surface area (Å²) >= 11 is 0. The maximum Gasteiger partial charge on any atom is 0.316 e. The summed E-state index contributed by atoms with van der Waals surface area (Å²) in [4.78, 5) is 0. The molecule has 1 rings (SSSR count). The van der Waals surface area contributed by atoms with Gasteiger partial charge in [0.2, 0.25) is 0 Å². The van der Waals surface area contributed by atoms with Gasteiger partial charge in [-0.3, -0.25) is 0 Å². The highest BCUT2D eigenvalue weighted by Crippen LogP contribution is 2.15. The molecule has 0 saturated carbocycles. The minimum atomic E-state index is -2.35. The van der Waals surface area contributed by atoms with Gasteiger partial charge in [-0.1, -0.05) is 18.2 Å². The van der Waals surface area contributed by atoms with E-state index in [1.54, 1.807) is 12.1 Å². The van der Waals surface area contributed by atoms with Gasteiger partial charge in [-0.25, -0.2) is 0 Å². The average Bonchev–Trinajstić information content (AvgIpc) is 1.93. The smallest absolute Gasteiger partial charge is 0.163 e. The van der Waals surface area contributed by atoms with E-state index in [0.29, 0.717) is 5.69 Å². The Morgan fingerprint density at radius 3 is 2.45 bits per heavy atom. The second kappa shape index (κ2) is 3.30. The van der Waals surface area contributed by atoms with Crippen LogP contribution in [0.15, 0.2) is 28.6 Å². The predicted octanol–water partition coefficient (Wildman–Crippen LogP) is 1.69. The van der Waals surface area contributed by atoms with Crippen LogP contribution in [0, 0.1) is 6.92 Å². The number of nitrogens with zero attached hydrogens (tertiary/aromatic N) is 1. The molecule has 0 fully saturated rings. The number of benzene rings is 1. The molecule has 0 atom stereocenters. The van der Waals surface area contributed by atoms with E-state index in [1.165, 1.54) is 0 Å². The van der Waals surface area contributed by atoms with E-state index < -0.39 is 10.5 Å². The summed E-state index contributed by atoms with van der Waals surface area (Å²) in [6.07, 6.45) is 0. The minimum absolute atomic E-state index is 0.501. The van der Waals surface area contributed by atoms with Gasteiger partial charge in [-0.15, -0.1) is 4.36 Å². The number of hydrogen-bond acceptors (Lipinski definition) is 3. The fraction of sp³-hybridized carbons (Fsp3) is 0.143. The zero-order chi connectivity index (χ0) is 8.27. The summed E-state index contributed by atoms with van der Waals surface area (Å²) in [6.45, 7) is 1.81. The summed E-state index contributed by atoms with van der Waals surface area (Å²) in [6, 6.07) is 7.05. The van der Waals surface area contributed by atoms with Gasteiger partial charge in [0.1, 0.15) is 0 Å². The topological polar surface area (TPSA) is 46.5 Å². The van der Waals surface area contributed by atoms with Crippen LogP contribution in [0.25, 0.3) is 0 Å². The van der Waals surface area contributed by atoms with Gasteiger partial charge in [0.05, 0.1) is 5.69 Å². The Morgan fingerprint density at radius 1 is 1.27 bits per heavy atom. The molecule has 0 unspecified atom stereocenters. The molecule has 0 bridgehead atoms.